The lowest BCUT2D eigenvalue weighted by atomic mass is 9.77. The molecule has 0 bridgehead atoms. The highest BCUT2D eigenvalue weighted by atomic mass is 32.1. The van der Waals surface area contributed by atoms with Crippen LogP contribution in [0.15, 0.2) is 75.9 Å². The number of carbonyl (C=O) groups is 11. The van der Waals surface area contributed by atoms with Crippen LogP contribution in [0, 0.1) is 23.2 Å². The Kier molecular flexibility index (Phi) is 30.8. The highest BCUT2D eigenvalue weighted by molar-refractivity contribution is 7.80. The molecule has 5 aromatic rings. The molecule has 21 N–H and O–H groups in total. The molecular formula is C83H110N16O20S. The Labute approximate surface area is 698 Å². The molecule has 10 rings (SSSR count). The van der Waals surface area contributed by atoms with Crippen LogP contribution in [0.1, 0.15) is 180 Å². The fourth-order valence-corrected chi connectivity index (χ4v) is 16.1. The van der Waals surface area contributed by atoms with E-state index >= 15 is 0 Å². The Morgan fingerprint density at radius 3 is 1.85 bits per heavy atom. The van der Waals surface area contributed by atoms with Crippen LogP contribution < -0.4 is 85.2 Å². The van der Waals surface area contributed by atoms with Gasteiger partial charge < -0.3 is 119 Å². The topological polar surface area (TPSA) is 552 Å². The van der Waals surface area contributed by atoms with Gasteiger partial charge in [-0.05, 0) is 180 Å². The molecule has 0 radical (unpaired) electrons. The number of nitrogens with one attached hydrogen (secondary N) is 12. The minimum atomic E-state index is -1.76. The van der Waals surface area contributed by atoms with Crippen molar-refractivity contribution in [1.82, 2.24) is 58.1 Å². The molecular weight excluding hydrogens is 1570 g/mol. The van der Waals surface area contributed by atoms with E-state index in [4.69, 9.17) is 43.0 Å². The molecule has 4 aromatic carbocycles. The number of fused-ring (bicyclic) bond motifs is 8. The maximum Gasteiger partial charge on any atom is 0.349 e. The third-order valence-corrected chi connectivity index (χ3v) is 22.6. The number of aliphatic hydroxyl groups excluding tert-OH is 2. The van der Waals surface area contributed by atoms with Crippen molar-refractivity contribution in [2.24, 2.45) is 29.2 Å². The molecule has 0 aliphatic carbocycles. The highest BCUT2D eigenvalue weighted by Crippen LogP contribution is 2.57. The van der Waals surface area contributed by atoms with Crippen molar-refractivity contribution in [3.8, 4) is 23.0 Å². The summed E-state index contributed by atoms with van der Waals surface area (Å²) >= 11 is 5.60. The predicted octanol–water partition coefficient (Wildman–Crippen LogP) is 2.32. The first kappa shape index (κ1) is 90.6. The maximum atomic E-state index is 14.6. The van der Waals surface area contributed by atoms with Crippen LogP contribution in [0.25, 0.3) is 11.0 Å². The van der Waals surface area contributed by atoms with Crippen LogP contribution >= 0.6 is 12.2 Å². The van der Waals surface area contributed by atoms with Crippen LogP contribution in [0.4, 0.5) is 11.4 Å². The zero-order chi connectivity index (χ0) is 87.0. The van der Waals surface area contributed by atoms with Gasteiger partial charge in [0.2, 0.25) is 47.3 Å². The lowest BCUT2D eigenvalue weighted by Gasteiger charge is -2.37. The van der Waals surface area contributed by atoms with E-state index < -0.39 is 162 Å². The van der Waals surface area contributed by atoms with Crippen LogP contribution in [0.3, 0.4) is 0 Å². The fraction of sp³-hybridized carbons (Fsp3) is 0.518. The summed E-state index contributed by atoms with van der Waals surface area (Å²) in [6, 6.07) is 4.96. The number of aliphatic hydroxyl groups is 2. The van der Waals surface area contributed by atoms with E-state index in [-0.39, 0.29) is 116 Å². The van der Waals surface area contributed by atoms with Gasteiger partial charge >= 0.3 is 17.6 Å². The number of benzene rings is 4. The van der Waals surface area contributed by atoms with Crippen molar-refractivity contribution in [3.05, 3.63) is 116 Å². The molecule has 0 saturated carbocycles. The fourth-order valence-electron chi connectivity index (χ4n) is 15.9. The first-order valence-electron chi connectivity index (χ1n) is 40.9. The number of carboxylic acid groups (broad SMARTS) is 1. The molecule has 1 saturated heterocycles. The molecule has 1 aromatic heterocycles. The van der Waals surface area contributed by atoms with Gasteiger partial charge in [-0.25, -0.2) is 14.4 Å². The average Bonchev–Trinajstić information content (AvgIpc) is 1.51. The zero-order valence-corrected chi connectivity index (χ0v) is 68.9. The number of anilines is 2. The van der Waals surface area contributed by atoms with Crippen LogP contribution in [-0.2, 0) is 66.3 Å². The molecule has 37 heteroatoms. The second kappa shape index (κ2) is 40.8. The molecule has 6 heterocycles. The summed E-state index contributed by atoms with van der Waals surface area (Å²) in [5.74, 6) is -11.1. The number of rotatable bonds is 39. The van der Waals surface area contributed by atoms with Gasteiger partial charge in [0.05, 0.1) is 24.8 Å². The summed E-state index contributed by atoms with van der Waals surface area (Å²) in [5.41, 5.74) is 15.4. The zero-order valence-electron chi connectivity index (χ0n) is 68.1. The standard InChI is InChI=1S/C83H110N16O20S/c1-7-44(6)66(97-70(105)56(84)18-8-10-29-89-82(120)90-47-22-25-53-51(37-47)80(116)119-83(53)54-26-23-48(102)38-63(54)117-64-39-49(103)24-27-55(64)83)77(112)99-33-15-21-62(99)75(110)96-65(43(4)5)76(111)95-61(41-101)74(109)93-59(34-42(2)3)72(107)91-57(20-12-30-88-81(85)86)71(106)94-60(40-100)73(108)92-58(78(113)114)19-9-11-28-87-69(104)52-36-46-35-45-16-13-31-98-32-14-17-50(67(45)98)68(46)118-79(52)115/h22-27,35-39,42-44,56-62,65-66,100-103H,7-21,28-34,40-41,84H2,1-6H3,(H,87,104)(H,91,107)(H,92,108)(H,93,109)(H,94,106)(H,95,111)(H,96,110)(H,97,105)(H,113,114)(H4,85,86,88)(H2,89,90,120)/t44-,56-,57-,58-,59-,60-,61-,62-,65-,66-/m0/s1. The number of aromatic hydroxyl groups is 2. The quantitative estimate of drug-likeness (QED) is 0.00670. The summed E-state index contributed by atoms with van der Waals surface area (Å²) in [5, 5.41) is 89.5. The van der Waals surface area contributed by atoms with Gasteiger partial charge in [0.15, 0.2) is 16.7 Å². The number of phenolic OH excluding ortho intramolecular Hbond substituents is 2. The third kappa shape index (κ3) is 21.7. The van der Waals surface area contributed by atoms with E-state index in [0.717, 1.165) is 55.6 Å². The first-order chi connectivity index (χ1) is 57.2. The number of thiocarbonyl (C=S) groups is 1. The smallest absolute Gasteiger partial charge is 0.349 e. The third-order valence-electron chi connectivity index (χ3n) is 22.3. The second-order valence-corrected chi connectivity index (χ2v) is 32.3. The minimum absolute atomic E-state index is 0.0237. The van der Waals surface area contributed by atoms with Crippen LogP contribution in [0.2, 0.25) is 0 Å². The first-order valence-corrected chi connectivity index (χ1v) is 41.3. The number of guanidine groups is 1. The molecule has 120 heavy (non-hydrogen) atoms. The minimum Gasteiger partial charge on any atom is -0.508 e. The van der Waals surface area contributed by atoms with Crippen molar-refractivity contribution < 1.29 is 92.2 Å². The van der Waals surface area contributed by atoms with Crippen LogP contribution in [0.5, 0.6) is 23.0 Å². The summed E-state index contributed by atoms with van der Waals surface area (Å²) in [7, 11) is 0. The number of aryl methyl sites for hydroxylation is 2. The van der Waals surface area contributed by atoms with Gasteiger partial charge in [0.25, 0.3) is 5.91 Å². The van der Waals surface area contributed by atoms with Gasteiger partial charge in [-0.15, -0.1) is 0 Å². The van der Waals surface area contributed by atoms with E-state index in [0.29, 0.717) is 65.6 Å². The Balaban J connectivity index is 0.679. The average molecular weight is 1680 g/mol. The molecule has 10 atom stereocenters. The van der Waals surface area contributed by atoms with E-state index in [2.05, 4.69) is 63.4 Å². The predicted molar refractivity (Wildman–Crippen MR) is 445 cm³/mol. The highest BCUT2D eigenvalue weighted by Gasteiger charge is 2.54. The van der Waals surface area contributed by atoms with Crippen molar-refractivity contribution in [1.29, 1.82) is 5.41 Å². The van der Waals surface area contributed by atoms with E-state index in [1.165, 1.54) is 35.2 Å². The number of aliphatic carboxylic acids is 1. The normalized spacial score (nSPS) is 16.9. The molecule has 1 fully saturated rings. The van der Waals surface area contributed by atoms with Gasteiger partial charge in [-0.3, -0.25) is 48.6 Å². The summed E-state index contributed by atoms with van der Waals surface area (Å²) in [6.45, 7) is 10.7. The number of hydrogen-bond acceptors (Lipinski definition) is 23. The number of carboxylic acids is 1. The van der Waals surface area contributed by atoms with Gasteiger partial charge in [0.1, 0.15) is 82.5 Å². The lowest BCUT2D eigenvalue weighted by Crippen LogP contribution is -2.62. The van der Waals surface area contributed by atoms with E-state index in [9.17, 15) is 83.1 Å². The number of unbranched alkanes of at least 4 members (excludes halogenated alkanes) is 2. The molecule has 9 amide bonds. The molecule has 1 spiro atoms. The van der Waals surface area contributed by atoms with E-state index in [1.807, 2.05) is 13.0 Å². The number of likely N-dealkylation sites (tertiary alicyclic amines) is 1. The SMILES string of the molecule is CC[C@H](C)[C@H](NC(=O)[C@@H](N)CCCCNC(=S)Nc1ccc2c(c1)C(=O)OC21c2ccc(O)cc2Oc2cc(O)ccc21)C(=O)N1CCC[C@H]1C(=O)N[C@H](C(=O)N[C@@H](CO)C(=O)N[C@@H](CC(C)C)C(=O)N[C@@H](CCCNC(=N)N)C(=O)N[C@@H](CO)C(=O)N[C@@H](CCCCNC(=O)c1cc2cc3c4c(c2oc1=O)CCCN4CCC3)C(=O)O)C(C)C. The Bertz CT molecular complexity index is 4720. The number of hydrogen-bond donors (Lipinski definition) is 19. The molecule has 648 valence electrons. The van der Waals surface area contributed by atoms with Crippen molar-refractivity contribution in [3.63, 3.8) is 0 Å². The second-order valence-electron chi connectivity index (χ2n) is 31.9. The molecule has 5 aliphatic rings. The van der Waals surface area contributed by atoms with Gasteiger partial charge in [0, 0.05) is 90.4 Å². The number of nitrogens with two attached hydrogens (primary N) is 2. The molecule has 36 nitrogen and oxygen atoms in total. The molecule has 0 unspecified atom stereocenters. The number of esters is 1. The number of nitrogens with zero attached hydrogens (tertiary/aromatic N) is 2. The monoisotopic (exact) mass is 1680 g/mol. The van der Waals surface area contributed by atoms with Gasteiger partial charge in [-0.1, -0.05) is 54.0 Å². The molecule has 5 aliphatic heterocycles. The summed E-state index contributed by atoms with van der Waals surface area (Å²) in [4.78, 5) is 169. The Morgan fingerprint density at radius 2 is 1.22 bits per heavy atom. The summed E-state index contributed by atoms with van der Waals surface area (Å²) in [6.07, 6.45) is 5.76. The van der Waals surface area contributed by atoms with Gasteiger partial charge in [-0.2, -0.15) is 0 Å². The van der Waals surface area contributed by atoms with Crippen LogP contribution in [-0.4, -0.2) is 213 Å². The number of amides is 9. The largest absolute Gasteiger partial charge is 0.508 e. The summed E-state index contributed by atoms with van der Waals surface area (Å²) < 4.78 is 18.0. The number of ether oxygens (including phenoxy) is 2. The lowest BCUT2D eigenvalue weighted by molar-refractivity contribution is -0.143. The Morgan fingerprint density at radius 1 is 0.633 bits per heavy atom. The Hall–Kier alpha value is -11.7. The number of carbonyl (C=O) groups excluding carboxylic acids is 10. The van der Waals surface area contributed by atoms with E-state index in [1.54, 1.807) is 65.0 Å². The van der Waals surface area contributed by atoms with Crippen molar-refractivity contribution in [2.45, 2.75) is 204 Å². The van der Waals surface area contributed by atoms with Crippen molar-refractivity contribution >= 4 is 111 Å². The number of phenols is 2. The maximum absolute atomic E-state index is 14.6. The van der Waals surface area contributed by atoms with Crippen molar-refractivity contribution in [2.75, 3.05) is 62.7 Å².